The smallest absolute Gasteiger partial charge is 0.251 e. The van der Waals surface area contributed by atoms with Gasteiger partial charge in [0.15, 0.2) is 11.6 Å². The largest absolute Gasteiger partial charge is 0.494 e. The number of hydrogen-bond donors (Lipinski definition) is 2. The van der Waals surface area contributed by atoms with Crippen LogP contribution in [0.4, 0.5) is 8.78 Å². The summed E-state index contributed by atoms with van der Waals surface area (Å²) in [5, 5.41) is 6.25. The van der Waals surface area contributed by atoms with E-state index >= 15 is 0 Å². The lowest BCUT2D eigenvalue weighted by atomic mass is 9.85. The molecule has 1 heterocycles. The highest BCUT2D eigenvalue weighted by molar-refractivity contribution is 5.94. The standard InChI is InChI=1S/C20H22F2N2O2.ClH/c1-2-26-15-6-3-13(4-7-15)20(25)24-19-12-23-10-9-16(19)14-5-8-17(21)18(22)11-14;/h3-8,11,16,19,23H,2,9-10,12H2,1H3,(H,24,25);1H. The summed E-state index contributed by atoms with van der Waals surface area (Å²) in [5.74, 6) is -1.29. The van der Waals surface area contributed by atoms with Crippen LogP contribution < -0.4 is 15.4 Å². The summed E-state index contributed by atoms with van der Waals surface area (Å²) in [6, 6.07) is 10.7. The van der Waals surface area contributed by atoms with E-state index in [1.54, 1.807) is 30.3 Å². The molecule has 2 aromatic rings. The Kier molecular flexibility index (Phi) is 7.56. The third-order valence-corrected chi connectivity index (χ3v) is 4.60. The van der Waals surface area contributed by atoms with Gasteiger partial charge in [0.2, 0.25) is 0 Å². The first kappa shape index (κ1) is 21.1. The number of nitrogens with one attached hydrogen (secondary N) is 2. The molecule has 27 heavy (non-hydrogen) atoms. The summed E-state index contributed by atoms with van der Waals surface area (Å²) in [5.41, 5.74) is 1.23. The van der Waals surface area contributed by atoms with Crippen LogP contribution in [0.2, 0.25) is 0 Å². The van der Waals surface area contributed by atoms with E-state index in [1.165, 1.54) is 6.07 Å². The molecule has 1 aliphatic rings. The number of halogens is 3. The predicted molar refractivity (Wildman–Crippen MR) is 103 cm³/mol. The van der Waals surface area contributed by atoms with Crippen LogP contribution in [0, 0.1) is 11.6 Å². The lowest BCUT2D eigenvalue weighted by molar-refractivity contribution is 0.0924. The van der Waals surface area contributed by atoms with Gasteiger partial charge >= 0.3 is 0 Å². The van der Waals surface area contributed by atoms with Gasteiger partial charge in [-0.25, -0.2) is 8.78 Å². The molecule has 1 fully saturated rings. The van der Waals surface area contributed by atoms with E-state index in [2.05, 4.69) is 10.6 Å². The van der Waals surface area contributed by atoms with Crippen molar-refractivity contribution >= 4 is 18.3 Å². The van der Waals surface area contributed by atoms with Gasteiger partial charge in [-0.1, -0.05) is 6.07 Å². The lowest BCUT2D eigenvalue weighted by Gasteiger charge is -2.33. The number of amides is 1. The average molecular weight is 397 g/mol. The van der Waals surface area contributed by atoms with Gasteiger partial charge in [0.05, 0.1) is 6.61 Å². The number of rotatable bonds is 5. The lowest BCUT2D eigenvalue weighted by Crippen LogP contribution is -2.50. The van der Waals surface area contributed by atoms with Crippen LogP contribution in [0.15, 0.2) is 42.5 Å². The van der Waals surface area contributed by atoms with Gasteiger partial charge in [0.25, 0.3) is 5.91 Å². The van der Waals surface area contributed by atoms with Crippen molar-refractivity contribution in [3.8, 4) is 5.75 Å². The highest BCUT2D eigenvalue weighted by atomic mass is 35.5. The number of carbonyl (C=O) groups is 1. The molecule has 2 unspecified atom stereocenters. The van der Waals surface area contributed by atoms with Crippen molar-refractivity contribution in [3.05, 3.63) is 65.2 Å². The molecule has 3 rings (SSSR count). The van der Waals surface area contributed by atoms with Crippen LogP contribution >= 0.6 is 12.4 Å². The summed E-state index contributed by atoms with van der Waals surface area (Å²) >= 11 is 0. The van der Waals surface area contributed by atoms with Gasteiger partial charge in [-0.05, 0) is 61.9 Å². The number of piperidine rings is 1. The summed E-state index contributed by atoms with van der Waals surface area (Å²) < 4.78 is 32.2. The van der Waals surface area contributed by atoms with Gasteiger partial charge in [-0.2, -0.15) is 0 Å². The fraction of sp³-hybridized carbons (Fsp3) is 0.350. The zero-order valence-electron chi connectivity index (χ0n) is 15.0. The minimum absolute atomic E-state index is 0. The van der Waals surface area contributed by atoms with Gasteiger partial charge < -0.3 is 15.4 Å². The second-order valence-corrected chi connectivity index (χ2v) is 6.31. The van der Waals surface area contributed by atoms with Crippen molar-refractivity contribution in [2.45, 2.75) is 25.3 Å². The van der Waals surface area contributed by atoms with E-state index in [0.717, 1.165) is 19.0 Å². The topological polar surface area (TPSA) is 50.4 Å². The maximum absolute atomic E-state index is 13.6. The molecular weight excluding hydrogens is 374 g/mol. The van der Waals surface area contributed by atoms with Gasteiger partial charge in [-0.3, -0.25) is 4.79 Å². The summed E-state index contributed by atoms with van der Waals surface area (Å²) in [6.07, 6.45) is 0.735. The molecule has 2 atom stereocenters. The Balaban J connectivity index is 0.00000261. The van der Waals surface area contributed by atoms with Crippen LogP contribution in [0.3, 0.4) is 0 Å². The molecule has 0 aromatic heterocycles. The molecule has 1 aliphatic heterocycles. The van der Waals surface area contributed by atoms with Gasteiger partial charge in [0.1, 0.15) is 5.75 Å². The van der Waals surface area contributed by atoms with E-state index < -0.39 is 11.6 Å². The number of carbonyl (C=O) groups excluding carboxylic acids is 1. The molecule has 1 saturated heterocycles. The molecule has 146 valence electrons. The Hall–Kier alpha value is -2.18. The first-order valence-corrected chi connectivity index (χ1v) is 8.78. The first-order valence-electron chi connectivity index (χ1n) is 8.78. The number of ether oxygens (including phenoxy) is 1. The van der Waals surface area contributed by atoms with Crippen LogP contribution in [-0.4, -0.2) is 31.6 Å². The highest BCUT2D eigenvalue weighted by Crippen LogP contribution is 2.27. The SMILES string of the molecule is CCOc1ccc(C(=O)NC2CNCCC2c2ccc(F)c(F)c2)cc1.Cl. The molecule has 4 nitrogen and oxygen atoms in total. The molecule has 2 N–H and O–H groups in total. The van der Waals surface area contributed by atoms with Crippen LogP contribution in [0.25, 0.3) is 0 Å². The molecule has 0 radical (unpaired) electrons. The number of benzene rings is 2. The van der Waals surface area contributed by atoms with E-state index in [0.29, 0.717) is 30.0 Å². The van der Waals surface area contributed by atoms with Crippen molar-refractivity contribution in [1.82, 2.24) is 10.6 Å². The zero-order valence-corrected chi connectivity index (χ0v) is 15.8. The Morgan fingerprint density at radius 2 is 1.93 bits per heavy atom. The molecule has 0 bridgehead atoms. The second-order valence-electron chi connectivity index (χ2n) is 6.31. The molecular formula is C20H23ClF2N2O2. The quantitative estimate of drug-likeness (QED) is 0.811. The molecule has 2 aromatic carbocycles. The van der Waals surface area contributed by atoms with E-state index in [9.17, 15) is 13.6 Å². The van der Waals surface area contributed by atoms with Crippen molar-refractivity contribution < 1.29 is 18.3 Å². The molecule has 7 heteroatoms. The second kappa shape index (κ2) is 9.67. The average Bonchev–Trinajstić information content (AvgIpc) is 2.65. The third kappa shape index (κ3) is 5.17. The van der Waals surface area contributed by atoms with Crippen molar-refractivity contribution in [3.63, 3.8) is 0 Å². The Bertz CT molecular complexity index is 771. The van der Waals surface area contributed by atoms with Gasteiger partial charge in [-0.15, -0.1) is 12.4 Å². The highest BCUT2D eigenvalue weighted by Gasteiger charge is 2.28. The number of hydrogen-bond acceptors (Lipinski definition) is 3. The Morgan fingerprint density at radius 3 is 2.59 bits per heavy atom. The maximum Gasteiger partial charge on any atom is 0.251 e. The maximum atomic E-state index is 13.6. The van der Waals surface area contributed by atoms with Crippen LogP contribution in [0.5, 0.6) is 5.75 Å². The summed E-state index contributed by atoms with van der Waals surface area (Å²) in [7, 11) is 0. The van der Waals surface area contributed by atoms with Crippen LogP contribution in [0.1, 0.15) is 35.2 Å². The molecule has 0 saturated carbocycles. The third-order valence-electron chi connectivity index (χ3n) is 4.60. The van der Waals surface area contributed by atoms with Crippen molar-refractivity contribution in [2.75, 3.05) is 19.7 Å². The van der Waals surface area contributed by atoms with E-state index in [1.807, 2.05) is 6.92 Å². The fourth-order valence-electron chi connectivity index (χ4n) is 3.27. The van der Waals surface area contributed by atoms with Crippen molar-refractivity contribution in [1.29, 1.82) is 0 Å². The molecule has 0 aliphatic carbocycles. The van der Waals surface area contributed by atoms with E-state index in [4.69, 9.17) is 4.74 Å². The zero-order chi connectivity index (χ0) is 18.5. The van der Waals surface area contributed by atoms with Gasteiger partial charge in [0, 0.05) is 24.1 Å². The predicted octanol–water partition coefficient (Wildman–Crippen LogP) is 3.66. The normalized spacial score (nSPS) is 19.1. The minimum Gasteiger partial charge on any atom is -0.494 e. The summed E-state index contributed by atoms with van der Waals surface area (Å²) in [6.45, 7) is 3.80. The first-order chi connectivity index (χ1) is 12.6. The van der Waals surface area contributed by atoms with E-state index in [-0.39, 0.29) is 30.3 Å². The fourth-order valence-corrected chi connectivity index (χ4v) is 3.27. The van der Waals surface area contributed by atoms with Crippen LogP contribution in [-0.2, 0) is 0 Å². The monoisotopic (exact) mass is 396 g/mol. The minimum atomic E-state index is -0.863. The Morgan fingerprint density at radius 1 is 1.19 bits per heavy atom. The van der Waals surface area contributed by atoms with Crippen molar-refractivity contribution in [2.24, 2.45) is 0 Å². The Labute approximate surface area is 163 Å². The molecule has 1 amide bonds. The molecule has 0 spiro atoms. The summed E-state index contributed by atoms with van der Waals surface area (Å²) in [4.78, 5) is 12.6.